The van der Waals surface area contributed by atoms with Crippen molar-refractivity contribution in [1.82, 2.24) is 4.90 Å². The van der Waals surface area contributed by atoms with Crippen LogP contribution in [0.5, 0.6) is 0 Å². The van der Waals surface area contributed by atoms with Gasteiger partial charge in [0.2, 0.25) is 5.91 Å². The molecular weight excluding hydrogens is 314 g/mol. The smallest absolute Gasteiger partial charge is 0.222 e. The van der Waals surface area contributed by atoms with Crippen LogP contribution < -0.4 is 0 Å². The first-order chi connectivity index (χ1) is 12.3. The molecule has 0 bridgehead atoms. The van der Waals surface area contributed by atoms with Crippen molar-refractivity contribution in [3.63, 3.8) is 0 Å². The number of rotatable bonds is 19. The summed E-state index contributed by atoms with van der Waals surface area (Å²) < 4.78 is 0. The normalized spacial score (nSPS) is 11.0. The largest absolute Gasteiger partial charge is 0.395 e. The molecule has 4 heteroatoms. The van der Waals surface area contributed by atoms with E-state index in [9.17, 15) is 4.79 Å². The van der Waals surface area contributed by atoms with Crippen molar-refractivity contribution in [1.29, 1.82) is 0 Å². The number of aliphatic hydroxyl groups excluding tert-OH is 2. The van der Waals surface area contributed by atoms with E-state index in [1.807, 2.05) is 0 Å². The van der Waals surface area contributed by atoms with Gasteiger partial charge in [0.1, 0.15) is 0 Å². The molecule has 0 aliphatic rings. The Kier molecular flexibility index (Phi) is 19.2. The first-order valence-corrected chi connectivity index (χ1v) is 10.8. The fourth-order valence-electron chi connectivity index (χ4n) is 3.23. The molecular formula is C21H43NO3. The number of hydrogen-bond acceptors (Lipinski definition) is 3. The summed E-state index contributed by atoms with van der Waals surface area (Å²) in [5.74, 6) is 0.0574. The highest BCUT2D eigenvalue weighted by atomic mass is 16.3. The van der Waals surface area contributed by atoms with Gasteiger partial charge in [0.25, 0.3) is 0 Å². The van der Waals surface area contributed by atoms with E-state index in [1.54, 1.807) is 4.90 Å². The van der Waals surface area contributed by atoms with Gasteiger partial charge >= 0.3 is 0 Å². The molecule has 0 aliphatic carbocycles. The molecule has 0 aromatic rings. The minimum absolute atomic E-state index is 0.0372. The van der Waals surface area contributed by atoms with Gasteiger partial charge in [-0.25, -0.2) is 0 Å². The van der Waals surface area contributed by atoms with Crippen molar-refractivity contribution >= 4 is 5.91 Å². The molecule has 0 aromatic heterocycles. The summed E-state index contributed by atoms with van der Waals surface area (Å²) in [6.45, 7) is 2.85. The summed E-state index contributed by atoms with van der Waals surface area (Å²) in [4.78, 5) is 13.5. The SMILES string of the molecule is CCCCCCCCCCCCCCCCC(=O)N(CCO)CCO. The number of aliphatic hydroxyl groups is 2. The second-order valence-electron chi connectivity index (χ2n) is 7.17. The van der Waals surface area contributed by atoms with Crippen LogP contribution in [-0.2, 0) is 4.79 Å². The van der Waals surface area contributed by atoms with Gasteiger partial charge in [-0.2, -0.15) is 0 Å². The molecule has 0 aromatic carbocycles. The zero-order valence-corrected chi connectivity index (χ0v) is 16.7. The standard InChI is InChI=1S/C21H43NO3/c1-2-3-4-5-6-7-8-9-10-11-12-13-14-15-16-21(25)22(17-19-23)18-20-24/h23-24H,2-20H2,1H3. The molecule has 4 nitrogen and oxygen atoms in total. The van der Waals surface area contributed by atoms with E-state index in [-0.39, 0.29) is 19.1 Å². The van der Waals surface area contributed by atoms with Crippen LogP contribution in [0, 0.1) is 0 Å². The van der Waals surface area contributed by atoms with E-state index >= 15 is 0 Å². The predicted molar refractivity (Wildman–Crippen MR) is 106 cm³/mol. The van der Waals surface area contributed by atoms with Gasteiger partial charge in [0.05, 0.1) is 13.2 Å². The molecule has 1 amide bonds. The zero-order chi connectivity index (χ0) is 18.6. The van der Waals surface area contributed by atoms with E-state index in [1.165, 1.54) is 77.0 Å². The van der Waals surface area contributed by atoms with E-state index < -0.39 is 0 Å². The summed E-state index contributed by atoms with van der Waals surface area (Å²) in [5, 5.41) is 17.9. The minimum atomic E-state index is -0.0372. The van der Waals surface area contributed by atoms with Crippen LogP contribution in [0.25, 0.3) is 0 Å². The average Bonchev–Trinajstić information content (AvgIpc) is 2.61. The Labute approximate surface area is 156 Å². The highest BCUT2D eigenvalue weighted by molar-refractivity contribution is 5.76. The van der Waals surface area contributed by atoms with Gasteiger partial charge in [-0.3, -0.25) is 4.79 Å². The lowest BCUT2D eigenvalue weighted by atomic mass is 10.0. The lowest BCUT2D eigenvalue weighted by molar-refractivity contribution is -0.132. The predicted octanol–water partition coefficient (Wildman–Crippen LogP) is 4.67. The summed E-state index contributed by atoms with van der Waals surface area (Å²) in [5.41, 5.74) is 0. The Bertz CT molecular complexity index is 278. The molecule has 0 aliphatic heterocycles. The molecule has 2 N–H and O–H groups in total. The minimum Gasteiger partial charge on any atom is -0.395 e. The molecule has 0 atom stereocenters. The number of hydrogen-bond donors (Lipinski definition) is 2. The molecule has 0 spiro atoms. The van der Waals surface area contributed by atoms with Crippen LogP contribution in [0.4, 0.5) is 0 Å². The highest BCUT2D eigenvalue weighted by Gasteiger charge is 2.11. The number of unbranched alkanes of at least 4 members (excludes halogenated alkanes) is 13. The maximum Gasteiger partial charge on any atom is 0.222 e. The van der Waals surface area contributed by atoms with Crippen LogP contribution in [0.15, 0.2) is 0 Å². The third-order valence-electron chi connectivity index (χ3n) is 4.84. The van der Waals surface area contributed by atoms with Crippen molar-refractivity contribution in [2.75, 3.05) is 26.3 Å². The van der Waals surface area contributed by atoms with Gasteiger partial charge in [-0.05, 0) is 6.42 Å². The maximum atomic E-state index is 11.9. The second-order valence-corrected chi connectivity index (χ2v) is 7.17. The van der Waals surface area contributed by atoms with Crippen LogP contribution in [-0.4, -0.2) is 47.3 Å². The van der Waals surface area contributed by atoms with Crippen molar-refractivity contribution in [2.24, 2.45) is 0 Å². The Balaban J connectivity index is 3.31. The average molecular weight is 358 g/mol. The number of carbonyl (C=O) groups is 1. The van der Waals surface area contributed by atoms with Gasteiger partial charge in [-0.1, -0.05) is 90.4 Å². The van der Waals surface area contributed by atoms with Gasteiger partial charge in [0.15, 0.2) is 0 Å². The summed E-state index contributed by atoms with van der Waals surface area (Å²) >= 11 is 0. The molecule has 150 valence electrons. The van der Waals surface area contributed by atoms with Gasteiger partial charge in [-0.15, -0.1) is 0 Å². The van der Waals surface area contributed by atoms with Crippen LogP contribution in [0.1, 0.15) is 103 Å². The number of nitrogens with zero attached hydrogens (tertiary/aromatic N) is 1. The lowest BCUT2D eigenvalue weighted by Crippen LogP contribution is -2.35. The van der Waals surface area contributed by atoms with Gasteiger partial charge < -0.3 is 15.1 Å². The van der Waals surface area contributed by atoms with Crippen molar-refractivity contribution < 1.29 is 15.0 Å². The van der Waals surface area contributed by atoms with E-state index in [0.29, 0.717) is 19.5 Å². The van der Waals surface area contributed by atoms with Crippen LogP contribution in [0.3, 0.4) is 0 Å². The van der Waals surface area contributed by atoms with E-state index in [4.69, 9.17) is 10.2 Å². The van der Waals surface area contributed by atoms with Crippen molar-refractivity contribution in [2.45, 2.75) is 103 Å². The van der Waals surface area contributed by atoms with Crippen molar-refractivity contribution in [3.8, 4) is 0 Å². The molecule has 0 radical (unpaired) electrons. The first kappa shape index (κ1) is 24.4. The molecule has 0 rings (SSSR count). The fourth-order valence-corrected chi connectivity index (χ4v) is 3.23. The highest BCUT2D eigenvalue weighted by Crippen LogP contribution is 2.13. The van der Waals surface area contributed by atoms with Crippen molar-refractivity contribution in [3.05, 3.63) is 0 Å². The molecule has 25 heavy (non-hydrogen) atoms. The first-order valence-electron chi connectivity index (χ1n) is 10.8. The summed E-state index contributed by atoms with van der Waals surface area (Å²) in [7, 11) is 0. The Hall–Kier alpha value is -0.610. The van der Waals surface area contributed by atoms with E-state index in [2.05, 4.69) is 6.92 Å². The third kappa shape index (κ3) is 16.6. The Morgan fingerprint density at radius 3 is 1.36 bits per heavy atom. The Morgan fingerprint density at radius 2 is 1.00 bits per heavy atom. The second kappa shape index (κ2) is 19.7. The zero-order valence-electron chi connectivity index (χ0n) is 16.7. The van der Waals surface area contributed by atoms with Gasteiger partial charge in [0, 0.05) is 19.5 Å². The quantitative estimate of drug-likeness (QED) is 0.330. The topological polar surface area (TPSA) is 60.8 Å². The molecule has 0 unspecified atom stereocenters. The van der Waals surface area contributed by atoms with Crippen LogP contribution in [0.2, 0.25) is 0 Å². The number of carbonyl (C=O) groups excluding carboxylic acids is 1. The molecule has 0 saturated heterocycles. The monoisotopic (exact) mass is 357 g/mol. The summed E-state index contributed by atoms with van der Waals surface area (Å²) in [6, 6.07) is 0. The summed E-state index contributed by atoms with van der Waals surface area (Å²) in [6.07, 6.45) is 18.9. The van der Waals surface area contributed by atoms with E-state index in [0.717, 1.165) is 12.8 Å². The number of amides is 1. The Morgan fingerprint density at radius 1 is 0.640 bits per heavy atom. The third-order valence-corrected chi connectivity index (χ3v) is 4.84. The molecule has 0 heterocycles. The lowest BCUT2D eigenvalue weighted by Gasteiger charge is -2.20. The maximum absolute atomic E-state index is 11.9. The van der Waals surface area contributed by atoms with Crippen LogP contribution >= 0.6 is 0 Å². The fraction of sp³-hybridized carbons (Fsp3) is 0.952. The molecule has 0 saturated carbocycles. The molecule has 0 fully saturated rings.